The molecular weight excluding hydrogens is 168 g/mol. The summed E-state index contributed by atoms with van der Waals surface area (Å²) in [6.07, 6.45) is 1.91. The van der Waals surface area contributed by atoms with Gasteiger partial charge in [0.25, 0.3) is 0 Å². The molecule has 13 heavy (non-hydrogen) atoms. The van der Waals surface area contributed by atoms with E-state index >= 15 is 0 Å². The van der Waals surface area contributed by atoms with Crippen LogP contribution in [0.5, 0.6) is 5.75 Å². The van der Waals surface area contributed by atoms with Crippen LogP contribution in [0.15, 0.2) is 18.3 Å². The lowest BCUT2D eigenvalue weighted by Gasteiger charge is -2.26. The van der Waals surface area contributed by atoms with Crippen LogP contribution >= 0.6 is 0 Å². The molecule has 2 N–H and O–H groups in total. The van der Waals surface area contributed by atoms with Crippen molar-refractivity contribution in [1.82, 2.24) is 4.98 Å². The smallest absolute Gasteiger partial charge is 0.145 e. The maximum atomic E-state index is 5.57. The van der Waals surface area contributed by atoms with Gasteiger partial charge in [-0.25, -0.2) is 0 Å². The number of nitrogens with two attached hydrogens (primary N) is 1. The van der Waals surface area contributed by atoms with Crippen LogP contribution in [-0.4, -0.2) is 24.3 Å². The van der Waals surface area contributed by atoms with E-state index in [1.807, 2.05) is 12.1 Å². The fourth-order valence-electron chi connectivity index (χ4n) is 1.12. The number of hydrogen-bond acceptors (Lipinski definition) is 4. The number of rotatable bonds is 3. The number of aromatic nitrogens is 1. The number of pyridine rings is 1. The Balaban J connectivity index is 2.01. The zero-order valence-electron chi connectivity index (χ0n) is 7.27. The van der Waals surface area contributed by atoms with Crippen molar-refractivity contribution in [1.29, 1.82) is 0 Å². The maximum Gasteiger partial charge on any atom is 0.145 e. The van der Waals surface area contributed by atoms with Gasteiger partial charge in [-0.3, -0.25) is 4.98 Å². The van der Waals surface area contributed by atoms with E-state index in [0.29, 0.717) is 19.8 Å². The van der Waals surface area contributed by atoms with Gasteiger partial charge in [0.2, 0.25) is 0 Å². The molecule has 1 aliphatic heterocycles. The lowest BCUT2D eigenvalue weighted by atomic mass is 10.3. The van der Waals surface area contributed by atoms with E-state index in [9.17, 15) is 0 Å². The summed E-state index contributed by atoms with van der Waals surface area (Å²) < 4.78 is 10.6. The Morgan fingerprint density at radius 2 is 2.46 bits per heavy atom. The van der Waals surface area contributed by atoms with Crippen molar-refractivity contribution in [2.24, 2.45) is 5.73 Å². The highest BCUT2D eigenvalue weighted by molar-refractivity contribution is 5.22. The van der Waals surface area contributed by atoms with Crippen LogP contribution in [0, 0.1) is 0 Å². The van der Waals surface area contributed by atoms with Crippen molar-refractivity contribution in [3.63, 3.8) is 0 Å². The summed E-state index contributed by atoms with van der Waals surface area (Å²) in [7, 11) is 0. The minimum absolute atomic E-state index is 0.202. The van der Waals surface area contributed by atoms with Crippen LogP contribution in [-0.2, 0) is 11.3 Å². The molecule has 4 nitrogen and oxygen atoms in total. The summed E-state index contributed by atoms with van der Waals surface area (Å²) >= 11 is 0. The average molecular weight is 180 g/mol. The Morgan fingerprint density at radius 1 is 1.62 bits per heavy atom. The second kappa shape index (κ2) is 3.72. The van der Waals surface area contributed by atoms with Crippen molar-refractivity contribution in [3.05, 3.63) is 24.0 Å². The largest absolute Gasteiger partial charge is 0.485 e. The highest BCUT2D eigenvalue weighted by Crippen LogP contribution is 2.15. The molecule has 1 fully saturated rings. The second-order valence-electron chi connectivity index (χ2n) is 2.96. The predicted molar refractivity (Wildman–Crippen MR) is 47.4 cm³/mol. The first-order valence-corrected chi connectivity index (χ1v) is 4.28. The predicted octanol–water partition coefficient (Wildman–Crippen LogP) is 0.318. The average Bonchev–Trinajstić information content (AvgIpc) is 2.12. The zero-order chi connectivity index (χ0) is 9.10. The summed E-state index contributed by atoms with van der Waals surface area (Å²) in [5.74, 6) is 0.823. The normalized spacial score (nSPS) is 16.7. The fraction of sp³-hybridized carbons (Fsp3) is 0.444. The number of nitrogens with zero attached hydrogens (tertiary/aromatic N) is 1. The summed E-state index contributed by atoms with van der Waals surface area (Å²) in [5, 5.41) is 0. The third-order valence-corrected chi connectivity index (χ3v) is 1.91. The molecule has 0 radical (unpaired) electrons. The van der Waals surface area contributed by atoms with Crippen LogP contribution in [0.4, 0.5) is 0 Å². The minimum Gasteiger partial charge on any atom is -0.485 e. The molecule has 1 aromatic heterocycles. The zero-order valence-corrected chi connectivity index (χ0v) is 7.27. The molecule has 0 bridgehead atoms. The molecule has 1 aliphatic rings. The van der Waals surface area contributed by atoms with Crippen LogP contribution in [0.25, 0.3) is 0 Å². The Hall–Kier alpha value is -1.13. The third-order valence-electron chi connectivity index (χ3n) is 1.91. The molecule has 0 saturated carbocycles. The maximum absolute atomic E-state index is 5.57. The van der Waals surface area contributed by atoms with E-state index in [-0.39, 0.29) is 6.10 Å². The third kappa shape index (κ3) is 1.96. The van der Waals surface area contributed by atoms with Gasteiger partial charge in [-0.1, -0.05) is 0 Å². The molecule has 2 heterocycles. The molecule has 2 rings (SSSR count). The molecule has 70 valence electrons. The Bertz CT molecular complexity index is 287. The van der Waals surface area contributed by atoms with Crippen LogP contribution in [0.1, 0.15) is 5.69 Å². The molecular formula is C9H12N2O2. The van der Waals surface area contributed by atoms with Gasteiger partial charge in [-0.05, 0) is 6.07 Å². The monoisotopic (exact) mass is 180 g/mol. The van der Waals surface area contributed by atoms with Gasteiger partial charge in [0.15, 0.2) is 0 Å². The number of ether oxygens (including phenoxy) is 2. The van der Waals surface area contributed by atoms with E-state index in [1.54, 1.807) is 6.20 Å². The van der Waals surface area contributed by atoms with Crippen molar-refractivity contribution < 1.29 is 9.47 Å². The minimum atomic E-state index is 0.202. The van der Waals surface area contributed by atoms with Gasteiger partial charge in [0.1, 0.15) is 11.9 Å². The molecule has 0 unspecified atom stereocenters. The first kappa shape index (κ1) is 8.47. The van der Waals surface area contributed by atoms with E-state index in [2.05, 4.69) is 4.98 Å². The lowest BCUT2D eigenvalue weighted by Crippen LogP contribution is -2.38. The molecule has 0 atom stereocenters. The van der Waals surface area contributed by atoms with Crippen LogP contribution in [0.3, 0.4) is 0 Å². The van der Waals surface area contributed by atoms with Crippen LogP contribution in [0.2, 0.25) is 0 Å². The van der Waals surface area contributed by atoms with Gasteiger partial charge in [0.05, 0.1) is 18.9 Å². The lowest BCUT2D eigenvalue weighted by molar-refractivity contribution is -0.0797. The Kier molecular flexibility index (Phi) is 2.42. The van der Waals surface area contributed by atoms with E-state index in [1.165, 1.54) is 0 Å². The molecule has 1 aromatic rings. The van der Waals surface area contributed by atoms with Crippen molar-refractivity contribution in [2.75, 3.05) is 13.2 Å². The van der Waals surface area contributed by atoms with E-state index in [4.69, 9.17) is 15.2 Å². The molecule has 0 spiro atoms. The summed E-state index contributed by atoms with van der Waals surface area (Å²) in [6, 6.07) is 3.69. The summed E-state index contributed by atoms with van der Waals surface area (Å²) in [5.41, 5.74) is 6.30. The van der Waals surface area contributed by atoms with Crippen LogP contribution < -0.4 is 10.5 Å². The second-order valence-corrected chi connectivity index (χ2v) is 2.96. The molecule has 0 aliphatic carbocycles. The highest BCUT2D eigenvalue weighted by Gasteiger charge is 2.19. The van der Waals surface area contributed by atoms with Gasteiger partial charge in [0, 0.05) is 18.8 Å². The number of hydrogen-bond donors (Lipinski definition) is 1. The van der Waals surface area contributed by atoms with E-state index in [0.717, 1.165) is 11.4 Å². The van der Waals surface area contributed by atoms with E-state index < -0.39 is 0 Å². The van der Waals surface area contributed by atoms with Crippen molar-refractivity contribution in [3.8, 4) is 5.75 Å². The standard InChI is InChI=1S/C9H12N2O2/c10-4-7-3-8(1-2-11-7)13-9-5-12-6-9/h1-3,9H,4-6,10H2. The summed E-state index contributed by atoms with van der Waals surface area (Å²) in [4.78, 5) is 4.07. The molecule has 4 heteroatoms. The van der Waals surface area contributed by atoms with Gasteiger partial charge in [-0.15, -0.1) is 0 Å². The van der Waals surface area contributed by atoms with Gasteiger partial charge < -0.3 is 15.2 Å². The SMILES string of the molecule is NCc1cc(OC2COC2)ccn1. The first-order chi connectivity index (χ1) is 6.38. The fourth-order valence-corrected chi connectivity index (χ4v) is 1.12. The Morgan fingerprint density at radius 3 is 3.08 bits per heavy atom. The topological polar surface area (TPSA) is 57.4 Å². The summed E-state index contributed by atoms with van der Waals surface area (Å²) in [6.45, 7) is 1.80. The molecule has 0 aromatic carbocycles. The molecule has 0 amide bonds. The van der Waals surface area contributed by atoms with Crippen molar-refractivity contribution in [2.45, 2.75) is 12.6 Å². The van der Waals surface area contributed by atoms with Gasteiger partial charge >= 0.3 is 0 Å². The van der Waals surface area contributed by atoms with Gasteiger partial charge in [-0.2, -0.15) is 0 Å². The quantitative estimate of drug-likeness (QED) is 0.727. The highest BCUT2D eigenvalue weighted by atomic mass is 16.6. The van der Waals surface area contributed by atoms with Crippen molar-refractivity contribution >= 4 is 0 Å². The molecule has 1 saturated heterocycles. The first-order valence-electron chi connectivity index (χ1n) is 4.28. The Labute approximate surface area is 76.7 Å².